The van der Waals surface area contributed by atoms with Gasteiger partial charge in [0.15, 0.2) is 0 Å². The zero-order chi connectivity index (χ0) is 29.5. The Balaban J connectivity index is 1.25. The molecule has 0 unspecified atom stereocenters. The summed E-state index contributed by atoms with van der Waals surface area (Å²) >= 11 is 0. The standard InChI is InChI=1S/C44H27N/c1-2-8-34-31(7-1)19-22-41-42(34)38-21-18-33-27-32(29-15-13-28(14-16-29)30-23-25-45-26-24-30)17-20-35(33)43(38)44(41)39-11-5-3-9-36(39)37-10-4-6-12-40(37)44/h1-27H. The molecule has 45 heavy (non-hydrogen) atoms. The number of rotatable bonds is 2. The maximum absolute atomic E-state index is 4.17. The number of hydrogen-bond donors (Lipinski definition) is 0. The molecule has 7 aromatic carbocycles. The van der Waals surface area contributed by atoms with Gasteiger partial charge in [0.25, 0.3) is 0 Å². The molecule has 8 aromatic rings. The van der Waals surface area contributed by atoms with E-state index in [0.29, 0.717) is 0 Å². The van der Waals surface area contributed by atoms with Crippen molar-refractivity contribution in [2.24, 2.45) is 0 Å². The van der Waals surface area contributed by atoms with Gasteiger partial charge in [0.05, 0.1) is 5.41 Å². The van der Waals surface area contributed by atoms with Crippen LogP contribution in [0.3, 0.4) is 0 Å². The van der Waals surface area contributed by atoms with Gasteiger partial charge in [0.2, 0.25) is 0 Å². The Kier molecular flexibility index (Phi) is 4.99. The fraction of sp³-hybridized carbons (Fsp3) is 0.0227. The van der Waals surface area contributed by atoms with Crippen LogP contribution < -0.4 is 0 Å². The second-order valence-corrected chi connectivity index (χ2v) is 12.3. The van der Waals surface area contributed by atoms with Gasteiger partial charge < -0.3 is 0 Å². The average Bonchev–Trinajstić information content (AvgIpc) is 3.59. The lowest BCUT2D eigenvalue weighted by Crippen LogP contribution is -2.26. The van der Waals surface area contributed by atoms with Crippen molar-refractivity contribution in [3.63, 3.8) is 0 Å². The smallest absolute Gasteiger partial charge is 0.0731 e. The third-order valence-electron chi connectivity index (χ3n) is 10.2. The maximum Gasteiger partial charge on any atom is 0.0731 e. The predicted molar refractivity (Wildman–Crippen MR) is 186 cm³/mol. The minimum Gasteiger partial charge on any atom is -0.265 e. The highest BCUT2D eigenvalue weighted by atomic mass is 14.6. The van der Waals surface area contributed by atoms with Crippen molar-refractivity contribution in [2.45, 2.75) is 5.41 Å². The second kappa shape index (κ2) is 9.11. The Bertz CT molecular complexity index is 2420. The van der Waals surface area contributed by atoms with Crippen LogP contribution in [0.25, 0.3) is 66.1 Å². The first-order chi connectivity index (χ1) is 22.3. The fourth-order valence-electron chi connectivity index (χ4n) is 8.32. The quantitative estimate of drug-likeness (QED) is 0.202. The molecular formula is C44H27N. The number of aromatic nitrogens is 1. The zero-order valence-corrected chi connectivity index (χ0v) is 24.5. The Labute approximate surface area is 262 Å². The first-order valence-corrected chi connectivity index (χ1v) is 15.6. The van der Waals surface area contributed by atoms with Crippen molar-refractivity contribution in [1.82, 2.24) is 4.98 Å². The highest BCUT2D eigenvalue weighted by Gasteiger charge is 2.52. The van der Waals surface area contributed by atoms with Crippen LogP contribution in [0.1, 0.15) is 22.3 Å². The molecule has 208 valence electrons. The van der Waals surface area contributed by atoms with Gasteiger partial charge in [-0.1, -0.05) is 133 Å². The number of pyridine rings is 1. The zero-order valence-electron chi connectivity index (χ0n) is 24.5. The maximum atomic E-state index is 4.17. The summed E-state index contributed by atoms with van der Waals surface area (Å²) in [5.74, 6) is 0. The van der Waals surface area contributed by atoms with Crippen LogP contribution in [-0.2, 0) is 5.41 Å². The molecule has 0 saturated heterocycles. The molecule has 0 radical (unpaired) electrons. The van der Waals surface area contributed by atoms with E-state index in [4.69, 9.17) is 0 Å². The summed E-state index contributed by atoms with van der Waals surface area (Å²) in [5, 5.41) is 5.18. The molecule has 0 saturated carbocycles. The molecule has 1 aromatic heterocycles. The summed E-state index contributed by atoms with van der Waals surface area (Å²) in [5.41, 5.74) is 15.4. The summed E-state index contributed by atoms with van der Waals surface area (Å²) in [6.45, 7) is 0. The first kappa shape index (κ1) is 24.6. The van der Waals surface area contributed by atoms with E-state index in [9.17, 15) is 0 Å². The highest BCUT2D eigenvalue weighted by Crippen LogP contribution is 2.65. The van der Waals surface area contributed by atoms with Crippen LogP contribution in [-0.4, -0.2) is 4.98 Å². The first-order valence-electron chi connectivity index (χ1n) is 15.6. The van der Waals surface area contributed by atoms with Crippen LogP contribution in [0, 0.1) is 0 Å². The molecular weight excluding hydrogens is 542 g/mol. The minimum absolute atomic E-state index is 0.380. The molecule has 2 aliphatic rings. The van der Waals surface area contributed by atoms with Crippen LogP contribution in [0.4, 0.5) is 0 Å². The lowest BCUT2D eigenvalue weighted by atomic mass is 9.69. The van der Waals surface area contributed by atoms with Crippen molar-refractivity contribution in [1.29, 1.82) is 0 Å². The topological polar surface area (TPSA) is 12.9 Å². The van der Waals surface area contributed by atoms with E-state index >= 15 is 0 Å². The van der Waals surface area contributed by atoms with Crippen LogP contribution in [0.2, 0.25) is 0 Å². The largest absolute Gasteiger partial charge is 0.265 e. The van der Waals surface area contributed by atoms with Gasteiger partial charge in [-0.05, 0) is 107 Å². The number of nitrogens with zero attached hydrogens (tertiary/aromatic N) is 1. The third-order valence-corrected chi connectivity index (χ3v) is 10.2. The van der Waals surface area contributed by atoms with Crippen molar-refractivity contribution in [3.8, 4) is 44.5 Å². The van der Waals surface area contributed by atoms with Crippen molar-refractivity contribution < 1.29 is 0 Å². The van der Waals surface area contributed by atoms with Crippen LogP contribution in [0.15, 0.2) is 164 Å². The molecule has 0 fully saturated rings. The van der Waals surface area contributed by atoms with Gasteiger partial charge in [-0.3, -0.25) is 4.98 Å². The SMILES string of the molecule is c1ccc2c(c1)-c1ccccc1C21c2ccc3ccccc3c2-c2ccc3cc(-c4ccc(-c5ccncc5)cc4)ccc3c21. The Hall–Kier alpha value is -5.79. The molecule has 1 heterocycles. The molecule has 1 spiro atoms. The van der Waals surface area contributed by atoms with E-state index in [1.54, 1.807) is 0 Å². The van der Waals surface area contributed by atoms with Crippen molar-refractivity contribution in [3.05, 3.63) is 186 Å². The molecule has 10 rings (SSSR count). The minimum atomic E-state index is -0.380. The Morgan fingerprint density at radius 1 is 0.378 bits per heavy atom. The molecule has 1 nitrogen and oxygen atoms in total. The normalized spacial score (nSPS) is 13.5. The number of benzene rings is 7. The molecule has 0 atom stereocenters. The predicted octanol–water partition coefficient (Wildman–Crippen LogP) is 11.1. The summed E-state index contributed by atoms with van der Waals surface area (Å²) < 4.78 is 0. The molecule has 0 bridgehead atoms. The van der Waals surface area contributed by atoms with E-state index in [1.165, 1.54) is 88.3 Å². The van der Waals surface area contributed by atoms with Crippen LogP contribution in [0.5, 0.6) is 0 Å². The molecule has 0 N–H and O–H groups in total. The van der Waals surface area contributed by atoms with E-state index in [2.05, 4.69) is 157 Å². The van der Waals surface area contributed by atoms with E-state index in [0.717, 1.165) is 0 Å². The van der Waals surface area contributed by atoms with Crippen molar-refractivity contribution >= 4 is 21.5 Å². The monoisotopic (exact) mass is 569 g/mol. The van der Waals surface area contributed by atoms with Gasteiger partial charge in [-0.2, -0.15) is 0 Å². The molecule has 2 aliphatic carbocycles. The highest BCUT2D eigenvalue weighted by molar-refractivity contribution is 6.11. The van der Waals surface area contributed by atoms with Gasteiger partial charge in [-0.15, -0.1) is 0 Å². The molecule has 0 aliphatic heterocycles. The summed E-state index contributed by atoms with van der Waals surface area (Å²) in [4.78, 5) is 4.17. The molecule has 1 heteroatoms. The second-order valence-electron chi connectivity index (χ2n) is 12.3. The summed E-state index contributed by atoms with van der Waals surface area (Å²) in [7, 11) is 0. The van der Waals surface area contributed by atoms with E-state index < -0.39 is 0 Å². The van der Waals surface area contributed by atoms with Crippen LogP contribution >= 0.6 is 0 Å². The Morgan fingerprint density at radius 2 is 0.978 bits per heavy atom. The summed E-state index contributed by atoms with van der Waals surface area (Å²) in [6, 6.07) is 56.5. The third kappa shape index (κ3) is 3.25. The number of hydrogen-bond acceptors (Lipinski definition) is 1. The van der Waals surface area contributed by atoms with Gasteiger partial charge >= 0.3 is 0 Å². The van der Waals surface area contributed by atoms with E-state index in [1.807, 2.05) is 12.4 Å². The number of fused-ring (bicyclic) bond motifs is 14. The average molecular weight is 570 g/mol. The summed E-state index contributed by atoms with van der Waals surface area (Å²) in [6.07, 6.45) is 3.69. The lowest BCUT2D eigenvalue weighted by molar-refractivity contribution is 0.802. The van der Waals surface area contributed by atoms with E-state index in [-0.39, 0.29) is 5.41 Å². The Morgan fingerprint density at radius 3 is 1.73 bits per heavy atom. The van der Waals surface area contributed by atoms with Gasteiger partial charge in [0.1, 0.15) is 0 Å². The van der Waals surface area contributed by atoms with Gasteiger partial charge in [0, 0.05) is 12.4 Å². The van der Waals surface area contributed by atoms with Gasteiger partial charge in [-0.25, -0.2) is 0 Å². The fourth-order valence-corrected chi connectivity index (χ4v) is 8.32. The van der Waals surface area contributed by atoms with Crippen molar-refractivity contribution in [2.75, 3.05) is 0 Å². The lowest BCUT2D eigenvalue weighted by Gasteiger charge is -2.31. The molecule has 0 amide bonds.